The summed E-state index contributed by atoms with van der Waals surface area (Å²) in [5.74, 6) is 0.0399. The van der Waals surface area contributed by atoms with Gasteiger partial charge in [-0.2, -0.15) is 0 Å². The lowest BCUT2D eigenvalue weighted by Crippen LogP contribution is -2.16. The molecule has 10 heteroatoms. The summed E-state index contributed by atoms with van der Waals surface area (Å²) in [6, 6.07) is 21.1. The van der Waals surface area contributed by atoms with Crippen molar-refractivity contribution >= 4 is 23.1 Å². The summed E-state index contributed by atoms with van der Waals surface area (Å²) in [6.07, 6.45) is 1.82. The van der Waals surface area contributed by atoms with Crippen molar-refractivity contribution in [2.24, 2.45) is 0 Å². The molecule has 0 radical (unpaired) electrons. The molecule has 0 fully saturated rings. The summed E-state index contributed by atoms with van der Waals surface area (Å²) in [7, 11) is 0. The van der Waals surface area contributed by atoms with Crippen LogP contribution in [0, 0.1) is 17.0 Å². The van der Waals surface area contributed by atoms with Crippen molar-refractivity contribution in [3.63, 3.8) is 0 Å². The van der Waals surface area contributed by atoms with E-state index in [2.05, 4.69) is 20.6 Å². The maximum Gasteiger partial charge on any atom is 0.279 e. The highest BCUT2D eigenvalue weighted by atomic mass is 16.6. The number of amides is 1. The van der Waals surface area contributed by atoms with Gasteiger partial charge in [-0.1, -0.05) is 47.7 Å². The van der Waals surface area contributed by atoms with E-state index < -0.39 is 10.8 Å². The summed E-state index contributed by atoms with van der Waals surface area (Å²) >= 11 is 0. The molecule has 0 aliphatic rings. The molecule has 162 valence electrons. The fraction of sp³-hybridized carbons (Fsp3) is 0.0435. The second-order valence-electron chi connectivity index (χ2n) is 7.27. The van der Waals surface area contributed by atoms with Crippen molar-refractivity contribution in [3.05, 3.63) is 100 Å². The standard InChI is InChI=1S/C23H17N7O3/c1-15-20(26-27-29(15)17-10-7-11-18(14-17)30(32)33)23(31)25-22-21(16-8-3-2-4-9-16)24-19-12-5-6-13-28(19)22/h2-14H,1H3,(H,25,31). The highest BCUT2D eigenvalue weighted by molar-refractivity contribution is 6.05. The first kappa shape index (κ1) is 20.1. The van der Waals surface area contributed by atoms with Gasteiger partial charge in [0.15, 0.2) is 5.69 Å². The fourth-order valence-corrected chi connectivity index (χ4v) is 3.60. The van der Waals surface area contributed by atoms with Gasteiger partial charge in [-0.25, -0.2) is 9.67 Å². The number of anilines is 1. The average Bonchev–Trinajstić information content (AvgIpc) is 3.40. The SMILES string of the molecule is Cc1c(C(=O)Nc2c(-c3ccccc3)nc3ccccn23)nnn1-c1cccc([N+](=O)[O-])c1. The van der Waals surface area contributed by atoms with E-state index in [1.165, 1.54) is 16.8 Å². The van der Waals surface area contributed by atoms with Crippen LogP contribution in [-0.2, 0) is 0 Å². The zero-order valence-electron chi connectivity index (χ0n) is 17.4. The number of carbonyl (C=O) groups is 1. The summed E-state index contributed by atoms with van der Waals surface area (Å²) in [5.41, 5.74) is 3.07. The second-order valence-corrected chi connectivity index (χ2v) is 7.27. The summed E-state index contributed by atoms with van der Waals surface area (Å²) in [4.78, 5) is 28.5. The first-order valence-corrected chi connectivity index (χ1v) is 10.0. The molecule has 5 aromatic rings. The Balaban J connectivity index is 1.53. The van der Waals surface area contributed by atoms with Gasteiger partial charge < -0.3 is 5.32 Å². The van der Waals surface area contributed by atoms with E-state index in [0.717, 1.165) is 5.56 Å². The molecule has 0 atom stereocenters. The largest absolute Gasteiger partial charge is 0.304 e. The monoisotopic (exact) mass is 439 g/mol. The Bertz CT molecular complexity index is 1510. The van der Waals surface area contributed by atoms with Gasteiger partial charge in [-0.05, 0) is 25.1 Å². The molecule has 0 saturated heterocycles. The Hall–Kier alpha value is -4.86. The highest BCUT2D eigenvalue weighted by Gasteiger charge is 2.22. The van der Waals surface area contributed by atoms with E-state index in [0.29, 0.717) is 28.5 Å². The number of aromatic nitrogens is 5. The fourth-order valence-electron chi connectivity index (χ4n) is 3.60. The molecule has 1 amide bonds. The second kappa shape index (κ2) is 8.00. The number of benzene rings is 2. The Labute approximate surface area is 187 Å². The van der Waals surface area contributed by atoms with Crippen LogP contribution in [0.4, 0.5) is 11.5 Å². The van der Waals surface area contributed by atoms with Gasteiger partial charge in [-0.15, -0.1) is 5.10 Å². The number of nitrogens with one attached hydrogen (secondary N) is 1. The van der Waals surface area contributed by atoms with E-state index >= 15 is 0 Å². The quantitative estimate of drug-likeness (QED) is 0.326. The number of imidazole rings is 1. The lowest BCUT2D eigenvalue weighted by Gasteiger charge is -2.07. The van der Waals surface area contributed by atoms with Gasteiger partial charge in [0.1, 0.15) is 17.2 Å². The van der Waals surface area contributed by atoms with Crippen LogP contribution in [-0.4, -0.2) is 35.2 Å². The number of pyridine rings is 1. The topological polar surface area (TPSA) is 120 Å². The number of nitrogens with zero attached hydrogens (tertiary/aromatic N) is 6. The molecule has 0 aliphatic heterocycles. The Morgan fingerprint density at radius 1 is 1.03 bits per heavy atom. The van der Waals surface area contributed by atoms with Crippen LogP contribution >= 0.6 is 0 Å². The minimum absolute atomic E-state index is 0.0772. The van der Waals surface area contributed by atoms with Crippen molar-refractivity contribution in [1.29, 1.82) is 0 Å². The van der Waals surface area contributed by atoms with Gasteiger partial charge in [0.25, 0.3) is 11.6 Å². The molecule has 3 heterocycles. The van der Waals surface area contributed by atoms with E-state index in [1.807, 2.05) is 54.7 Å². The van der Waals surface area contributed by atoms with Crippen LogP contribution in [0.5, 0.6) is 0 Å². The van der Waals surface area contributed by atoms with Crippen molar-refractivity contribution < 1.29 is 9.72 Å². The molecule has 0 spiro atoms. The van der Waals surface area contributed by atoms with Crippen molar-refractivity contribution in [2.45, 2.75) is 6.92 Å². The Kier molecular flexibility index (Phi) is 4.87. The van der Waals surface area contributed by atoms with Crippen molar-refractivity contribution in [2.75, 3.05) is 5.32 Å². The predicted octanol–water partition coefficient (Wildman–Crippen LogP) is 4.05. The summed E-state index contributed by atoms with van der Waals surface area (Å²) < 4.78 is 3.19. The highest BCUT2D eigenvalue weighted by Crippen LogP contribution is 2.29. The van der Waals surface area contributed by atoms with Crippen LogP contribution in [0.2, 0.25) is 0 Å². The average molecular weight is 439 g/mol. The van der Waals surface area contributed by atoms with E-state index in [9.17, 15) is 14.9 Å². The molecule has 10 nitrogen and oxygen atoms in total. The number of nitro groups is 1. The third-order valence-electron chi connectivity index (χ3n) is 5.20. The van der Waals surface area contributed by atoms with Crippen LogP contribution < -0.4 is 5.32 Å². The van der Waals surface area contributed by atoms with E-state index in [1.54, 1.807) is 23.5 Å². The van der Waals surface area contributed by atoms with E-state index in [4.69, 9.17) is 0 Å². The maximum atomic E-state index is 13.2. The molecule has 0 aliphatic carbocycles. The molecule has 1 N–H and O–H groups in total. The molecule has 0 saturated carbocycles. The molecule has 5 rings (SSSR count). The molecule has 0 bridgehead atoms. The van der Waals surface area contributed by atoms with Crippen molar-refractivity contribution in [3.8, 4) is 16.9 Å². The molecule has 0 unspecified atom stereocenters. The normalized spacial score (nSPS) is 10.9. The molecular weight excluding hydrogens is 422 g/mol. The third-order valence-corrected chi connectivity index (χ3v) is 5.20. The number of fused-ring (bicyclic) bond motifs is 1. The Morgan fingerprint density at radius 3 is 2.61 bits per heavy atom. The number of nitro benzene ring substituents is 1. The smallest absolute Gasteiger partial charge is 0.279 e. The first-order chi connectivity index (χ1) is 16.0. The first-order valence-electron chi connectivity index (χ1n) is 10.0. The number of non-ortho nitro benzene ring substituents is 1. The van der Waals surface area contributed by atoms with Crippen LogP contribution in [0.1, 0.15) is 16.2 Å². The van der Waals surface area contributed by atoms with Gasteiger partial charge in [-0.3, -0.25) is 19.3 Å². The number of hydrogen-bond donors (Lipinski definition) is 1. The van der Waals surface area contributed by atoms with Crippen LogP contribution in [0.15, 0.2) is 79.0 Å². The zero-order valence-corrected chi connectivity index (χ0v) is 17.4. The molecule has 3 aromatic heterocycles. The number of carbonyl (C=O) groups excluding carboxylic acids is 1. The van der Waals surface area contributed by atoms with Crippen molar-refractivity contribution in [1.82, 2.24) is 24.4 Å². The lowest BCUT2D eigenvalue weighted by molar-refractivity contribution is -0.384. The van der Waals surface area contributed by atoms with E-state index in [-0.39, 0.29) is 11.4 Å². The summed E-state index contributed by atoms with van der Waals surface area (Å²) in [5, 5.41) is 22.1. The summed E-state index contributed by atoms with van der Waals surface area (Å²) in [6.45, 7) is 1.68. The molecule has 33 heavy (non-hydrogen) atoms. The predicted molar refractivity (Wildman–Crippen MR) is 121 cm³/mol. The van der Waals surface area contributed by atoms with Gasteiger partial charge in [0.05, 0.1) is 16.3 Å². The number of hydrogen-bond acceptors (Lipinski definition) is 6. The Morgan fingerprint density at radius 2 is 1.82 bits per heavy atom. The van der Waals surface area contributed by atoms with Gasteiger partial charge in [0, 0.05) is 23.9 Å². The number of rotatable bonds is 5. The van der Waals surface area contributed by atoms with Crippen LogP contribution in [0.25, 0.3) is 22.6 Å². The van der Waals surface area contributed by atoms with Crippen LogP contribution in [0.3, 0.4) is 0 Å². The minimum atomic E-state index is -0.487. The van der Waals surface area contributed by atoms with Gasteiger partial charge in [0.2, 0.25) is 0 Å². The maximum absolute atomic E-state index is 13.2. The zero-order chi connectivity index (χ0) is 22.9. The minimum Gasteiger partial charge on any atom is -0.304 e. The molecular formula is C23H17N7O3. The molecule has 2 aromatic carbocycles. The lowest BCUT2D eigenvalue weighted by atomic mass is 10.1. The van der Waals surface area contributed by atoms with Gasteiger partial charge >= 0.3 is 0 Å². The third kappa shape index (κ3) is 3.59.